The fraction of sp³-hybridized carbons (Fsp3) is 0.200. The molecule has 0 radical (unpaired) electrons. The summed E-state index contributed by atoms with van der Waals surface area (Å²) < 4.78 is 5.33. The molecule has 0 unspecified atom stereocenters. The number of aryl methyl sites for hydroxylation is 1. The van der Waals surface area contributed by atoms with Crippen LogP contribution >= 0.6 is 0 Å². The van der Waals surface area contributed by atoms with Crippen LogP contribution in [-0.2, 0) is 6.54 Å². The molecule has 6 heteroatoms. The molecule has 4 aromatic carbocycles. The van der Waals surface area contributed by atoms with Gasteiger partial charge in [0.15, 0.2) is 5.76 Å². The monoisotopic (exact) mass is 543 g/mol. The Morgan fingerprint density at radius 2 is 1.63 bits per heavy atom. The highest BCUT2D eigenvalue weighted by Crippen LogP contribution is 2.36. The lowest BCUT2D eigenvalue weighted by atomic mass is 9.87. The third-order valence-corrected chi connectivity index (χ3v) is 8.02. The Hall–Kier alpha value is -4.84. The number of piperidine rings is 1. The number of rotatable bonds is 7. The first-order valence-corrected chi connectivity index (χ1v) is 14.1. The van der Waals surface area contributed by atoms with E-state index in [1.165, 1.54) is 17.5 Å². The van der Waals surface area contributed by atoms with Gasteiger partial charge in [-0.25, -0.2) is 0 Å². The molecule has 1 fully saturated rings. The number of furan rings is 1. The summed E-state index contributed by atoms with van der Waals surface area (Å²) in [7, 11) is 0. The zero-order valence-electron chi connectivity index (χ0n) is 23.1. The summed E-state index contributed by atoms with van der Waals surface area (Å²) in [4.78, 5) is 28.7. The minimum absolute atomic E-state index is 0.188. The van der Waals surface area contributed by atoms with Gasteiger partial charge in [0.25, 0.3) is 11.8 Å². The maximum absolute atomic E-state index is 13.3. The number of hydrogen-bond acceptors (Lipinski definition) is 4. The largest absolute Gasteiger partial charge is 0.459 e. The van der Waals surface area contributed by atoms with Gasteiger partial charge >= 0.3 is 0 Å². The summed E-state index contributed by atoms with van der Waals surface area (Å²) in [5.74, 6) is -0.0274. The molecule has 2 heterocycles. The van der Waals surface area contributed by atoms with Crippen LogP contribution in [0.5, 0.6) is 0 Å². The van der Waals surface area contributed by atoms with E-state index in [0.29, 0.717) is 17.8 Å². The van der Waals surface area contributed by atoms with Crippen molar-refractivity contribution in [1.29, 1.82) is 0 Å². The lowest BCUT2D eigenvalue weighted by Crippen LogP contribution is -2.33. The molecule has 6 rings (SSSR count). The lowest BCUT2D eigenvalue weighted by Gasteiger charge is -2.35. The van der Waals surface area contributed by atoms with Gasteiger partial charge < -0.3 is 20.0 Å². The Bertz CT molecular complexity index is 1680. The quantitative estimate of drug-likeness (QED) is 0.226. The Morgan fingerprint density at radius 3 is 2.44 bits per heavy atom. The van der Waals surface area contributed by atoms with Gasteiger partial charge in [0.1, 0.15) is 0 Å². The Morgan fingerprint density at radius 1 is 0.854 bits per heavy atom. The van der Waals surface area contributed by atoms with E-state index in [1.54, 1.807) is 18.2 Å². The van der Waals surface area contributed by atoms with E-state index in [2.05, 4.69) is 64.9 Å². The van der Waals surface area contributed by atoms with Gasteiger partial charge in [-0.3, -0.25) is 9.59 Å². The van der Waals surface area contributed by atoms with E-state index in [9.17, 15) is 9.59 Å². The van der Waals surface area contributed by atoms with E-state index in [4.69, 9.17) is 4.42 Å². The molecule has 0 spiro atoms. The number of nitrogens with one attached hydrogen (secondary N) is 2. The number of nitrogens with zero attached hydrogens (tertiary/aromatic N) is 1. The van der Waals surface area contributed by atoms with Crippen LogP contribution in [0.3, 0.4) is 0 Å². The van der Waals surface area contributed by atoms with E-state index >= 15 is 0 Å². The molecule has 1 aliphatic heterocycles. The van der Waals surface area contributed by atoms with Crippen molar-refractivity contribution in [1.82, 2.24) is 5.32 Å². The second-order valence-corrected chi connectivity index (χ2v) is 10.6. The minimum Gasteiger partial charge on any atom is -0.459 e. The second-order valence-electron chi connectivity index (χ2n) is 10.6. The Labute approximate surface area is 240 Å². The van der Waals surface area contributed by atoms with Gasteiger partial charge in [0, 0.05) is 36.6 Å². The van der Waals surface area contributed by atoms with Gasteiger partial charge in [-0.2, -0.15) is 0 Å². The number of anilines is 2. The zero-order chi connectivity index (χ0) is 28.2. The third-order valence-electron chi connectivity index (χ3n) is 8.02. The third kappa shape index (κ3) is 5.73. The van der Waals surface area contributed by atoms with Crippen molar-refractivity contribution in [3.05, 3.63) is 131 Å². The topological polar surface area (TPSA) is 74.6 Å². The van der Waals surface area contributed by atoms with E-state index in [-0.39, 0.29) is 23.5 Å². The fourth-order valence-corrected chi connectivity index (χ4v) is 5.83. The fourth-order valence-electron chi connectivity index (χ4n) is 5.83. The highest BCUT2D eigenvalue weighted by molar-refractivity contribution is 6.04. The van der Waals surface area contributed by atoms with E-state index in [0.717, 1.165) is 47.8 Å². The summed E-state index contributed by atoms with van der Waals surface area (Å²) in [5.41, 5.74) is 5.80. The van der Waals surface area contributed by atoms with Crippen LogP contribution in [0, 0.1) is 6.92 Å². The van der Waals surface area contributed by atoms with Crippen LogP contribution in [0.4, 0.5) is 11.4 Å². The molecule has 1 aromatic heterocycles. The number of hydrogen-bond donors (Lipinski definition) is 2. The standard InChI is InChI=1S/C35H33N3O3/c1-24-8-2-5-13-32(24)38-19-17-26(18-20-38)30-16-15-27(22-31(30)37-35(40)33-14-7-21-41-33)34(39)36-23-28-11-6-10-25-9-3-4-12-29(25)28/h2-16,21-22,26H,17-20,23H2,1H3,(H,36,39)(H,37,40). The van der Waals surface area contributed by atoms with Crippen molar-refractivity contribution in [3.63, 3.8) is 0 Å². The summed E-state index contributed by atoms with van der Waals surface area (Å²) in [6.45, 7) is 4.41. The zero-order valence-corrected chi connectivity index (χ0v) is 23.1. The van der Waals surface area contributed by atoms with Crippen LogP contribution in [0.15, 0.2) is 108 Å². The first-order valence-electron chi connectivity index (χ1n) is 14.1. The summed E-state index contributed by atoms with van der Waals surface area (Å²) in [6.07, 6.45) is 3.38. The summed E-state index contributed by atoms with van der Waals surface area (Å²) in [5, 5.41) is 8.35. The Balaban J connectivity index is 1.22. The molecular weight excluding hydrogens is 510 g/mol. The highest BCUT2D eigenvalue weighted by atomic mass is 16.3. The van der Waals surface area contributed by atoms with Crippen molar-refractivity contribution in [2.24, 2.45) is 0 Å². The maximum Gasteiger partial charge on any atom is 0.291 e. The maximum atomic E-state index is 13.3. The minimum atomic E-state index is -0.332. The first kappa shape index (κ1) is 26.4. The summed E-state index contributed by atoms with van der Waals surface area (Å²) >= 11 is 0. The van der Waals surface area contributed by atoms with E-state index in [1.807, 2.05) is 36.4 Å². The molecule has 0 saturated carbocycles. The average molecular weight is 544 g/mol. The van der Waals surface area contributed by atoms with Crippen LogP contribution in [-0.4, -0.2) is 24.9 Å². The number of fused-ring (bicyclic) bond motifs is 1. The molecule has 41 heavy (non-hydrogen) atoms. The number of amides is 2. The molecule has 0 bridgehead atoms. The number of carbonyl (C=O) groups excluding carboxylic acids is 2. The predicted octanol–water partition coefficient (Wildman–Crippen LogP) is 7.31. The molecule has 2 N–H and O–H groups in total. The van der Waals surface area contributed by atoms with Crippen LogP contribution in [0.25, 0.3) is 10.8 Å². The number of carbonyl (C=O) groups is 2. The lowest BCUT2D eigenvalue weighted by molar-refractivity contribution is 0.0949. The van der Waals surface area contributed by atoms with Gasteiger partial charge in [0.2, 0.25) is 0 Å². The predicted molar refractivity (Wildman–Crippen MR) is 164 cm³/mol. The number of para-hydroxylation sites is 1. The second kappa shape index (κ2) is 11.7. The van der Waals surface area contributed by atoms with Crippen molar-refractivity contribution >= 4 is 34.0 Å². The van der Waals surface area contributed by atoms with Gasteiger partial charge in [0.05, 0.1) is 6.26 Å². The van der Waals surface area contributed by atoms with Gasteiger partial charge in [-0.15, -0.1) is 0 Å². The molecule has 6 nitrogen and oxygen atoms in total. The van der Waals surface area contributed by atoms with Gasteiger partial charge in [-0.05, 0) is 83.5 Å². The summed E-state index contributed by atoms with van der Waals surface area (Å²) in [6, 6.07) is 31.7. The van der Waals surface area contributed by atoms with Crippen molar-refractivity contribution in [2.45, 2.75) is 32.2 Å². The SMILES string of the molecule is Cc1ccccc1N1CCC(c2ccc(C(=O)NCc3cccc4ccccc34)cc2NC(=O)c2ccco2)CC1. The smallest absolute Gasteiger partial charge is 0.291 e. The molecule has 0 atom stereocenters. The van der Waals surface area contributed by atoms with Crippen LogP contribution in [0.2, 0.25) is 0 Å². The normalized spacial score (nSPS) is 13.7. The molecule has 5 aromatic rings. The van der Waals surface area contributed by atoms with Crippen molar-refractivity contribution in [2.75, 3.05) is 23.3 Å². The van der Waals surface area contributed by atoms with Gasteiger partial charge in [-0.1, -0.05) is 66.7 Å². The molecule has 2 amide bonds. The van der Waals surface area contributed by atoms with Crippen molar-refractivity contribution in [3.8, 4) is 0 Å². The molecular formula is C35H33N3O3. The molecule has 1 aliphatic rings. The number of benzene rings is 4. The molecule has 0 aliphatic carbocycles. The van der Waals surface area contributed by atoms with Crippen molar-refractivity contribution < 1.29 is 14.0 Å². The van der Waals surface area contributed by atoms with Crippen LogP contribution in [0.1, 0.15) is 56.4 Å². The van der Waals surface area contributed by atoms with E-state index < -0.39 is 0 Å². The average Bonchev–Trinajstić information content (AvgIpc) is 3.56. The molecule has 206 valence electrons. The highest BCUT2D eigenvalue weighted by Gasteiger charge is 2.25. The Kier molecular flexibility index (Phi) is 7.54. The van der Waals surface area contributed by atoms with Crippen LogP contribution < -0.4 is 15.5 Å². The molecule has 1 saturated heterocycles. The first-order chi connectivity index (χ1) is 20.1.